The number of carboxylic acids is 1. The maximum absolute atomic E-state index is 10.8. The van der Waals surface area contributed by atoms with Gasteiger partial charge >= 0.3 is 5.97 Å². The summed E-state index contributed by atoms with van der Waals surface area (Å²) in [5.41, 5.74) is 0.940. The summed E-state index contributed by atoms with van der Waals surface area (Å²) in [6, 6.07) is 3.81. The maximum Gasteiger partial charge on any atom is 0.305 e. The third kappa shape index (κ3) is 3.76. The standard InChI is InChI=1S/C12H15BrN2O3/c13-9-1-2-10(14-6-9)7-15-3-4-18-8-11(15)5-12(16)17/h1-2,6,11H,3-5,7-8H2,(H,16,17). The third-order valence-electron chi connectivity index (χ3n) is 2.91. The minimum Gasteiger partial charge on any atom is -0.481 e. The van der Waals surface area contributed by atoms with Gasteiger partial charge in [-0.2, -0.15) is 0 Å². The van der Waals surface area contributed by atoms with E-state index in [0.717, 1.165) is 16.7 Å². The molecule has 1 aromatic heterocycles. The highest BCUT2D eigenvalue weighted by molar-refractivity contribution is 9.10. The van der Waals surface area contributed by atoms with E-state index in [1.807, 2.05) is 12.1 Å². The molecule has 1 fully saturated rings. The molecule has 2 heterocycles. The normalized spacial score (nSPS) is 20.8. The largest absolute Gasteiger partial charge is 0.481 e. The lowest BCUT2D eigenvalue weighted by Gasteiger charge is -2.34. The Bertz CT molecular complexity index is 410. The van der Waals surface area contributed by atoms with Gasteiger partial charge in [0.05, 0.1) is 25.3 Å². The number of aliphatic carboxylic acids is 1. The Morgan fingerprint density at radius 3 is 3.11 bits per heavy atom. The second-order valence-corrected chi connectivity index (χ2v) is 5.18. The van der Waals surface area contributed by atoms with Crippen LogP contribution in [-0.2, 0) is 16.1 Å². The lowest BCUT2D eigenvalue weighted by molar-refractivity contribution is -0.140. The van der Waals surface area contributed by atoms with Crippen molar-refractivity contribution in [1.82, 2.24) is 9.88 Å². The van der Waals surface area contributed by atoms with Crippen LogP contribution < -0.4 is 0 Å². The molecule has 6 heteroatoms. The zero-order chi connectivity index (χ0) is 13.0. The topological polar surface area (TPSA) is 62.7 Å². The molecule has 0 amide bonds. The van der Waals surface area contributed by atoms with Gasteiger partial charge in [0.1, 0.15) is 0 Å². The van der Waals surface area contributed by atoms with Gasteiger partial charge in [-0.1, -0.05) is 0 Å². The number of carboxylic acid groups (broad SMARTS) is 1. The van der Waals surface area contributed by atoms with E-state index < -0.39 is 5.97 Å². The first-order chi connectivity index (χ1) is 8.65. The number of hydrogen-bond acceptors (Lipinski definition) is 4. The van der Waals surface area contributed by atoms with Gasteiger partial charge in [0.2, 0.25) is 0 Å². The molecule has 1 aliphatic rings. The molecule has 0 radical (unpaired) electrons. The summed E-state index contributed by atoms with van der Waals surface area (Å²) in [6.07, 6.45) is 1.86. The van der Waals surface area contributed by atoms with Gasteiger partial charge in [-0.3, -0.25) is 14.7 Å². The van der Waals surface area contributed by atoms with E-state index in [1.54, 1.807) is 6.20 Å². The number of ether oxygens (including phenoxy) is 1. The molecule has 0 aromatic carbocycles. The molecule has 98 valence electrons. The molecule has 1 atom stereocenters. The number of aromatic nitrogens is 1. The van der Waals surface area contributed by atoms with Gasteiger partial charge in [0.25, 0.3) is 0 Å². The number of nitrogens with zero attached hydrogens (tertiary/aromatic N) is 2. The van der Waals surface area contributed by atoms with E-state index in [1.165, 1.54) is 0 Å². The van der Waals surface area contributed by atoms with Crippen molar-refractivity contribution in [3.05, 3.63) is 28.5 Å². The summed E-state index contributed by atoms with van der Waals surface area (Å²) in [7, 11) is 0. The van der Waals surface area contributed by atoms with Crippen LogP contribution in [0.5, 0.6) is 0 Å². The lowest BCUT2D eigenvalue weighted by Crippen LogP contribution is -2.46. The molecule has 18 heavy (non-hydrogen) atoms. The van der Waals surface area contributed by atoms with Gasteiger partial charge < -0.3 is 9.84 Å². The van der Waals surface area contributed by atoms with Crippen molar-refractivity contribution in [2.45, 2.75) is 19.0 Å². The highest BCUT2D eigenvalue weighted by Crippen LogP contribution is 2.15. The van der Waals surface area contributed by atoms with Crippen LogP contribution in [0.15, 0.2) is 22.8 Å². The molecule has 1 aliphatic heterocycles. The quantitative estimate of drug-likeness (QED) is 0.913. The van der Waals surface area contributed by atoms with Crippen molar-refractivity contribution in [3.8, 4) is 0 Å². The summed E-state index contributed by atoms with van der Waals surface area (Å²) >= 11 is 3.34. The SMILES string of the molecule is O=C(O)CC1COCCN1Cc1ccc(Br)cn1. The van der Waals surface area contributed by atoms with Crippen LogP contribution >= 0.6 is 15.9 Å². The van der Waals surface area contributed by atoms with Crippen LogP contribution in [0, 0.1) is 0 Å². The minimum absolute atomic E-state index is 0.0679. The fourth-order valence-corrected chi connectivity index (χ4v) is 2.23. The Labute approximate surface area is 114 Å². The Balaban J connectivity index is 2.00. The molecule has 0 saturated carbocycles. The first-order valence-electron chi connectivity index (χ1n) is 5.79. The van der Waals surface area contributed by atoms with E-state index in [9.17, 15) is 4.79 Å². The van der Waals surface area contributed by atoms with Crippen molar-refractivity contribution >= 4 is 21.9 Å². The monoisotopic (exact) mass is 314 g/mol. The molecule has 2 rings (SSSR count). The van der Waals surface area contributed by atoms with Gasteiger partial charge in [-0.25, -0.2) is 0 Å². The van der Waals surface area contributed by atoms with Gasteiger partial charge in [0, 0.05) is 29.8 Å². The van der Waals surface area contributed by atoms with Crippen LogP contribution in [0.2, 0.25) is 0 Å². The smallest absolute Gasteiger partial charge is 0.305 e. The number of hydrogen-bond donors (Lipinski definition) is 1. The zero-order valence-electron chi connectivity index (χ0n) is 9.88. The van der Waals surface area contributed by atoms with E-state index in [-0.39, 0.29) is 12.5 Å². The second kappa shape index (κ2) is 6.26. The van der Waals surface area contributed by atoms with Crippen molar-refractivity contribution in [3.63, 3.8) is 0 Å². The molecule has 0 aliphatic carbocycles. The highest BCUT2D eigenvalue weighted by Gasteiger charge is 2.25. The van der Waals surface area contributed by atoms with Gasteiger partial charge in [0.15, 0.2) is 0 Å². The molecule has 0 bridgehead atoms. The first kappa shape index (κ1) is 13.5. The van der Waals surface area contributed by atoms with E-state index >= 15 is 0 Å². The van der Waals surface area contributed by atoms with Crippen LogP contribution in [-0.4, -0.2) is 46.8 Å². The summed E-state index contributed by atoms with van der Waals surface area (Å²) in [5.74, 6) is -0.792. The predicted octanol–water partition coefficient (Wildman–Crippen LogP) is 1.52. The molecule has 1 unspecified atom stereocenters. The summed E-state index contributed by atoms with van der Waals surface area (Å²) in [6.45, 7) is 2.53. The molecule has 1 aromatic rings. The fraction of sp³-hybridized carbons (Fsp3) is 0.500. The number of rotatable bonds is 4. The first-order valence-corrected chi connectivity index (χ1v) is 6.58. The van der Waals surface area contributed by atoms with E-state index in [0.29, 0.717) is 19.8 Å². The molecule has 1 saturated heterocycles. The number of carbonyl (C=O) groups is 1. The molecule has 0 spiro atoms. The van der Waals surface area contributed by atoms with Crippen molar-refractivity contribution in [2.75, 3.05) is 19.8 Å². The summed E-state index contributed by atoms with van der Waals surface area (Å²) in [5, 5.41) is 8.88. The van der Waals surface area contributed by atoms with Gasteiger partial charge in [-0.05, 0) is 28.1 Å². The Hall–Kier alpha value is -0.980. The summed E-state index contributed by atoms with van der Waals surface area (Å²) in [4.78, 5) is 17.2. The maximum atomic E-state index is 10.8. The van der Waals surface area contributed by atoms with Crippen LogP contribution in [0.25, 0.3) is 0 Å². The van der Waals surface area contributed by atoms with Crippen LogP contribution in [0.3, 0.4) is 0 Å². The third-order valence-corrected chi connectivity index (χ3v) is 3.38. The fourth-order valence-electron chi connectivity index (χ4n) is 1.99. The van der Waals surface area contributed by atoms with Crippen molar-refractivity contribution < 1.29 is 14.6 Å². The van der Waals surface area contributed by atoms with Crippen LogP contribution in [0.4, 0.5) is 0 Å². The van der Waals surface area contributed by atoms with E-state index in [4.69, 9.17) is 9.84 Å². The highest BCUT2D eigenvalue weighted by atomic mass is 79.9. The average Bonchev–Trinajstić information content (AvgIpc) is 2.34. The van der Waals surface area contributed by atoms with Gasteiger partial charge in [-0.15, -0.1) is 0 Å². The zero-order valence-corrected chi connectivity index (χ0v) is 11.5. The summed E-state index contributed by atoms with van der Waals surface area (Å²) < 4.78 is 6.28. The number of halogens is 1. The molecular weight excluding hydrogens is 300 g/mol. The second-order valence-electron chi connectivity index (χ2n) is 4.26. The molecular formula is C12H15BrN2O3. The Morgan fingerprint density at radius 2 is 2.44 bits per heavy atom. The van der Waals surface area contributed by atoms with Crippen LogP contribution in [0.1, 0.15) is 12.1 Å². The average molecular weight is 315 g/mol. The van der Waals surface area contributed by atoms with E-state index in [2.05, 4.69) is 25.8 Å². The predicted molar refractivity (Wildman–Crippen MR) is 69.2 cm³/mol. The molecule has 5 nitrogen and oxygen atoms in total. The Kier molecular flexibility index (Phi) is 4.68. The Morgan fingerprint density at radius 1 is 1.61 bits per heavy atom. The number of morpholine rings is 1. The number of pyridine rings is 1. The lowest BCUT2D eigenvalue weighted by atomic mass is 10.1. The van der Waals surface area contributed by atoms with Crippen molar-refractivity contribution in [2.24, 2.45) is 0 Å². The van der Waals surface area contributed by atoms with Crippen molar-refractivity contribution in [1.29, 1.82) is 0 Å². The molecule has 1 N–H and O–H groups in total. The minimum atomic E-state index is -0.792.